The van der Waals surface area contributed by atoms with Gasteiger partial charge in [-0.1, -0.05) is 48.0 Å². The minimum atomic E-state index is -0.0259. The fourth-order valence-corrected chi connectivity index (χ4v) is 2.28. The van der Waals surface area contributed by atoms with Gasteiger partial charge in [0, 0.05) is 17.6 Å². The number of carbonyl (C=O) groups is 1. The van der Waals surface area contributed by atoms with Crippen LogP contribution in [0, 0.1) is 0 Å². The van der Waals surface area contributed by atoms with Crippen LogP contribution in [0.4, 0.5) is 0 Å². The van der Waals surface area contributed by atoms with E-state index in [2.05, 4.69) is 26.6 Å². The molecule has 2 aromatic rings. The summed E-state index contributed by atoms with van der Waals surface area (Å²) in [5.41, 5.74) is 2.13. The number of halogens is 2. The van der Waals surface area contributed by atoms with Crippen molar-refractivity contribution in [2.75, 3.05) is 6.54 Å². The van der Waals surface area contributed by atoms with Gasteiger partial charge in [-0.15, -0.1) is 0 Å². The largest absolute Gasteiger partial charge is 0.351 e. The molecule has 0 aliphatic heterocycles. The molecular formula is C16H16BrClN2O. The standard InChI is InChI=1S/C16H16BrClN2O/c17-14-7-6-13(8-15(14)18)9-19-11-16(21)20-10-12-4-2-1-3-5-12/h1-8,19H,9-11H2,(H,20,21). The monoisotopic (exact) mass is 366 g/mol. The van der Waals surface area contributed by atoms with Crippen LogP contribution in [0.5, 0.6) is 0 Å². The molecule has 1 amide bonds. The van der Waals surface area contributed by atoms with Crippen molar-refractivity contribution in [1.82, 2.24) is 10.6 Å². The third kappa shape index (κ3) is 5.50. The van der Waals surface area contributed by atoms with Crippen molar-refractivity contribution in [3.63, 3.8) is 0 Å². The van der Waals surface area contributed by atoms with E-state index in [0.29, 0.717) is 18.1 Å². The maximum Gasteiger partial charge on any atom is 0.234 e. The van der Waals surface area contributed by atoms with E-state index in [-0.39, 0.29) is 12.5 Å². The Balaban J connectivity index is 1.70. The van der Waals surface area contributed by atoms with Crippen LogP contribution in [0.3, 0.4) is 0 Å². The van der Waals surface area contributed by atoms with Crippen molar-refractivity contribution in [3.8, 4) is 0 Å². The first-order valence-corrected chi connectivity index (χ1v) is 7.77. The number of rotatable bonds is 6. The lowest BCUT2D eigenvalue weighted by Crippen LogP contribution is -2.33. The SMILES string of the molecule is O=C(CNCc1ccc(Br)c(Cl)c1)NCc1ccccc1. The fourth-order valence-electron chi connectivity index (χ4n) is 1.83. The molecule has 2 rings (SSSR count). The van der Waals surface area contributed by atoms with Crippen LogP contribution >= 0.6 is 27.5 Å². The van der Waals surface area contributed by atoms with E-state index in [1.54, 1.807) is 0 Å². The fraction of sp³-hybridized carbons (Fsp3) is 0.188. The minimum absolute atomic E-state index is 0.0259. The topological polar surface area (TPSA) is 41.1 Å². The van der Waals surface area contributed by atoms with Gasteiger partial charge >= 0.3 is 0 Å². The Labute approximate surface area is 137 Å². The highest BCUT2D eigenvalue weighted by Crippen LogP contribution is 2.22. The summed E-state index contributed by atoms with van der Waals surface area (Å²) in [4.78, 5) is 11.7. The molecule has 0 saturated heterocycles. The van der Waals surface area contributed by atoms with E-state index >= 15 is 0 Å². The number of nitrogens with one attached hydrogen (secondary N) is 2. The molecule has 2 aromatic carbocycles. The van der Waals surface area contributed by atoms with Gasteiger partial charge in [0.05, 0.1) is 11.6 Å². The molecule has 0 saturated carbocycles. The Bertz CT molecular complexity index is 604. The molecule has 110 valence electrons. The Morgan fingerprint density at radius 3 is 2.52 bits per heavy atom. The van der Waals surface area contributed by atoms with Crippen molar-refractivity contribution in [2.45, 2.75) is 13.1 Å². The highest BCUT2D eigenvalue weighted by atomic mass is 79.9. The van der Waals surface area contributed by atoms with Crippen molar-refractivity contribution >= 4 is 33.4 Å². The second-order valence-electron chi connectivity index (χ2n) is 4.61. The molecule has 0 heterocycles. The van der Waals surface area contributed by atoms with Crippen LogP contribution < -0.4 is 10.6 Å². The predicted molar refractivity (Wildman–Crippen MR) is 89.1 cm³/mol. The number of amides is 1. The summed E-state index contributed by atoms with van der Waals surface area (Å²) in [7, 11) is 0. The molecule has 3 nitrogen and oxygen atoms in total. The first kappa shape index (κ1) is 16.0. The van der Waals surface area contributed by atoms with Gasteiger partial charge < -0.3 is 10.6 Å². The summed E-state index contributed by atoms with van der Waals surface area (Å²) in [5, 5.41) is 6.64. The Morgan fingerprint density at radius 2 is 1.81 bits per heavy atom. The van der Waals surface area contributed by atoms with E-state index in [9.17, 15) is 4.79 Å². The maximum absolute atomic E-state index is 11.7. The Kier molecular flexibility index (Phi) is 6.23. The molecule has 0 aliphatic carbocycles. The predicted octanol–water partition coefficient (Wildman–Crippen LogP) is 3.51. The molecule has 0 spiro atoms. The molecule has 0 radical (unpaired) electrons. The zero-order valence-electron chi connectivity index (χ0n) is 11.4. The zero-order valence-corrected chi connectivity index (χ0v) is 13.7. The molecule has 0 atom stereocenters. The van der Waals surface area contributed by atoms with Gasteiger partial charge in [0.25, 0.3) is 0 Å². The third-order valence-corrected chi connectivity index (χ3v) is 4.16. The minimum Gasteiger partial charge on any atom is -0.351 e. The Hall–Kier alpha value is -1.36. The smallest absolute Gasteiger partial charge is 0.234 e. The number of hydrogen-bond donors (Lipinski definition) is 2. The van der Waals surface area contributed by atoms with Crippen LogP contribution in [-0.4, -0.2) is 12.5 Å². The number of benzene rings is 2. The summed E-state index contributed by atoms with van der Waals surface area (Å²) in [6.07, 6.45) is 0. The maximum atomic E-state index is 11.7. The summed E-state index contributed by atoms with van der Waals surface area (Å²) in [6, 6.07) is 15.6. The lowest BCUT2D eigenvalue weighted by Gasteiger charge is -2.07. The van der Waals surface area contributed by atoms with Crippen molar-refractivity contribution in [1.29, 1.82) is 0 Å². The van der Waals surface area contributed by atoms with Gasteiger partial charge in [-0.3, -0.25) is 4.79 Å². The molecule has 0 fully saturated rings. The van der Waals surface area contributed by atoms with Crippen LogP contribution in [0.1, 0.15) is 11.1 Å². The molecule has 2 N–H and O–H groups in total. The average Bonchev–Trinajstić information content (AvgIpc) is 2.50. The van der Waals surface area contributed by atoms with E-state index in [0.717, 1.165) is 15.6 Å². The molecular weight excluding hydrogens is 352 g/mol. The second-order valence-corrected chi connectivity index (χ2v) is 5.88. The quantitative estimate of drug-likeness (QED) is 0.820. The summed E-state index contributed by atoms with van der Waals surface area (Å²) < 4.78 is 0.869. The van der Waals surface area contributed by atoms with Crippen molar-refractivity contribution in [2.24, 2.45) is 0 Å². The van der Waals surface area contributed by atoms with Crippen LogP contribution in [0.25, 0.3) is 0 Å². The molecule has 0 unspecified atom stereocenters. The van der Waals surface area contributed by atoms with Gasteiger partial charge in [-0.25, -0.2) is 0 Å². The second kappa shape index (κ2) is 8.17. The van der Waals surface area contributed by atoms with E-state index in [4.69, 9.17) is 11.6 Å². The van der Waals surface area contributed by atoms with Gasteiger partial charge in [-0.05, 0) is 39.2 Å². The lowest BCUT2D eigenvalue weighted by molar-refractivity contribution is -0.120. The van der Waals surface area contributed by atoms with Gasteiger partial charge in [0.1, 0.15) is 0 Å². The van der Waals surface area contributed by atoms with Gasteiger partial charge in [0.15, 0.2) is 0 Å². The van der Waals surface area contributed by atoms with E-state index in [1.165, 1.54) is 0 Å². The highest BCUT2D eigenvalue weighted by Gasteiger charge is 2.02. The van der Waals surface area contributed by atoms with Crippen molar-refractivity contribution < 1.29 is 4.79 Å². The Morgan fingerprint density at radius 1 is 1.05 bits per heavy atom. The summed E-state index contributed by atoms with van der Waals surface area (Å²) in [5.74, 6) is -0.0259. The molecule has 0 aliphatic rings. The number of carbonyl (C=O) groups excluding carboxylic acids is 1. The lowest BCUT2D eigenvalue weighted by atomic mass is 10.2. The van der Waals surface area contributed by atoms with Crippen LogP contribution in [-0.2, 0) is 17.9 Å². The first-order chi connectivity index (χ1) is 10.1. The molecule has 0 bridgehead atoms. The molecule has 0 aromatic heterocycles. The normalized spacial score (nSPS) is 10.4. The third-order valence-electron chi connectivity index (χ3n) is 2.93. The highest BCUT2D eigenvalue weighted by molar-refractivity contribution is 9.10. The molecule has 5 heteroatoms. The summed E-state index contributed by atoms with van der Waals surface area (Å²) >= 11 is 9.37. The number of hydrogen-bond acceptors (Lipinski definition) is 2. The van der Waals surface area contributed by atoms with Crippen molar-refractivity contribution in [3.05, 3.63) is 69.2 Å². The van der Waals surface area contributed by atoms with Crippen LogP contribution in [0.15, 0.2) is 53.0 Å². The zero-order chi connectivity index (χ0) is 15.1. The first-order valence-electron chi connectivity index (χ1n) is 6.60. The average molecular weight is 368 g/mol. The van der Waals surface area contributed by atoms with Gasteiger partial charge in [0.2, 0.25) is 5.91 Å². The van der Waals surface area contributed by atoms with Gasteiger partial charge in [-0.2, -0.15) is 0 Å². The molecule has 21 heavy (non-hydrogen) atoms. The van der Waals surface area contributed by atoms with E-state index in [1.807, 2.05) is 48.5 Å². The van der Waals surface area contributed by atoms with Crippen LogP contribution in [0.2, 0.25) is 5.02 Å². The van der Waals surface area contributed by atoms with E-state index < -0.39 is 0 Å². The summed E-state index contributed by atoms with van der Waals surface area (Å²) in [6.45, 7) is 1.43.